The number of methoxy groups -OCH3 is 1. The van der Waals surface area contributed by atoms with E-state index in [1.54, 1.807) is 0 Å². The van der Waals surface area contributed by atoms with E-state index in [0.29, 0.717) is 0 Å². The van der Waals surface area contributed by atoms with Crippen molar-refractivity contribution in [1.82, 2.24) is 0 Å². The van der Waals surface area contributed by atoms with E-state index in [9.17, 15) is 38.2 Å². The SMILES string of the molecule is COC(=O)C1(C(F)(F)F)OC(c2ccc([N+](=O)[O-])cc2)OC1c1ccc([N+](=O)[O-])cc1. The van der Waals surface area contributed by atoms with Crippen LogP contribution in [0.15, 0.2) is 48.5 Å². The van der Waals surface area contributed by atoms with Gasteiger partial charge < -0.3 is 14.2 Å². The Morgan fingerprint density at radius 3 is 1.81 bits per heavy atom. The second-order valence-corrected chi connectivity index (χ2v) is 6.39. The van der Waals surface area contributed by atoms with Crippen molar-refractivity contribution in [3.8, 4) is 0 Å². The van der Waals surface area contributed by atoms with Crippen LogP contribution in [0.5, 0.6) is 0 Å². The van der Waals surface area contributed by atoms with Crippen molar-refractivity contribution in [2.24, 2.45) is 0 Å². The van der Waals surface area contributed by atoms with Crippen LogP contribution in [-0.2, 0) is 19.0 Å². The number of halogens is 3. The summed E-state index contributed by atoms with van der Waals surface area (Å²) in [6, 6.07) is 8.25. The highest BCUT2D eigenvalue weighted by Gasteiger charge is 2.73. The standard InChI is InChI=1S/C18H13F3N2O8/c1-29-16(24)17(18(19,20)21)14(10-2-6-12(7-3-10)22(25)26)30-15(31-17)11-4-8-13(9-5-11)23(27)28/h2-9,14-15H,1H3. The number of ether oxygens (including phenoxy) is 3. The van der Waals surface area contributed by atoms with Gasteiger partial charge in [-0.15, -0.1) is 0 Å². The lowest BCUT2D eigenvalue weighted by Crippen LogP contribution is -2.56. The zero-order valence-electron chi connectivity index (χ0n) is 15.6. The molecule has 0 N–H and O–H groups in total. The van der Waals surface area contributed by atoms with Crippen LogP contribution < -0.4 is 0 Å². The fraction of sp³-hybridized carbons (Fsp3) is 0.278. The first-order chi connectivity index (χ1) is 14.5. The Morgan fingerprint density at radius 1 is 0.968 bits per heavy atom. The van der Waals surface area contributed by atoms with Crippen LogP contribution in [0.4, 0.5) is 24.5 Å². The highest BCUT2D eigenvalue weighted by Crippen LogP contribution is 2.55. The van der Waals surface area contributed by atoms with Crippen LogP contribution >= 0.6 is 0 Å². The molecule has 0 radical (unpaired) electrons. The van der Waals surface area contributed by atoms with Gasteiger partial charge in [-0.25, -0.2) is 4.79 Å². The maximum atomic E-state index is 14.2. The number of carbonyl (C=O) groups is 1. The van der Waals surface area contributed by atoms with E-state index in [4.69, 9.17) is 9.47 Å². The van der Waals surface area contributed by atoms with E-state index in [2.05, 4.69) is 4.74 Å². The minimum absolute atomic E-state index is 0.0208. The Kier molecular flexibility index (Phi) is 5.65. The summed E-state index contributed by atoms with van der Waals surface area (Å²) < 4.78 is 57.3. The molecule has 1 fully saturated rings. The third kappa shape index (κ3) is 3.80. The molecule has 3 atom stereocenters. The minimum Gasteiger partial charge on any atom is -0.467 e. The first kappa shape index (κ1) is 22.1. The molecule has 0 saturated carbocycles. The highest BCUT2D eigenvalue weighted by atomic mass is 19.4. The van der Waals surface area contributed by atoms with Crippen molar-refractivity contribution in [3.05, 3.63) is 79.9 Å². The summed E-state index contributed by atoms with van der Waals surface area (Å²) in [4.78, 5) is 32.5. The molecule has 0 amide bonds. The quantitative estimate of drug-likeness (QED) is 0.389. The lowest BCUT2D eigenvalue weighted by Gasteiger charge is -2.31. The molecule has 164 valence electrons. The highest BCUT2D eigenvalue weighted by molar-refractivity contribution is 5.82. The van der Waals surface area contributed by atoms with Crippen LogP contribution in [0, 0.1) is 20.2 Å². The van der Waals surface area contributed by atoms with Crippen LogP contribution in [0.2, 0.25) is 0 Å². The number of hydrogen-bond acceptors (Lipinski definition) is 8. The maximum Gasteiger partial charge on any atom is 0.431 e. The van der Waals surface area contributed by atoms with E-state index in [0.717, 1.165) is 55.6 Å². The Balaban J connectivity index is 2.09. The maximum absolute atomic E-state index is 14.2. The largest absolute Gasteiger partial charge is 0.467 e. The van der Waals surface area contributed by atoms with Crippen LogP contribution in [0.25, 0.3) is 0 Å². The van der Waals surface area contributed by atoms with Gasteiger partial charge in [0.1, 0.15) is 6.10 Å². The smallest absolute Gasteiger partial charge is 0.431 e. The Morgan fingerprint density at radius 2 is 1.42 bits per heavy atom. The number of alkyl halides is 3. The topological polar surface area (TPSA) is 131 Å². The van der Waals surface area contributed by atoms with Gasteiger partial charge in [-0.05, 0) is 29.8 Å². The number of benzene rings is 2. The van der Waals surface area contributed by atoms with Crippen molar-refractivity contribution in [2.75, 3.05) is 7.11 Å². The Bertz CT molecular complexity index is 1010. The summed E-state index contributed by atoms with van der Waals surface area (Å²) in [6.07, 6.45) is -9.11. The van der Waals surface area contributed by atoms with Gasteiger partial charge in [0.15, 0.2) is 6.29 Å². The number of nitro benzene ring substituents is 2. The summed E-state index contributed by atoms with van der Waals surface area (Å²) in [5, 5.41) is 21.6. The fourth-order valence-electron chi connectivity index (χ4n) is 3.10. The van der Waals surface area contributed by atoms with Gasteiger partial charge in [0.05, 0.1) is 17.0 Å². The molecule has 13 heteroatoms. The number of rotatable bonds is 5. The van der Waals surface area contributed by atoms with Gasteiger partial charge in [0, 0.05) is 29.8 Å². The normalized spacial score (nSPS) is 23.4. The molecule has 1 saturated heterocycles. The van der Waals surface area contributed by atoms with Crippen molar-refractivity contribution in [3.63, 3.8) is 0 Å². The molecule has 3 unspecified atom stereocenters. The van der Waals surface area contributed by atoms with Gasteiger partial charge in [-0.3, -0.25) is 20.2 Å². The van der Waals surface area contributed by atoms with E-state index >= 15 is 0 Å². The van der Waals surface area contributed by atoms with E-state index in [-0.39, 0.29) is 22.5 Å². The predicted octanol–water partition coefficient (Wildman–Crippen LogP) is 3.76. The van der Waals surface area contributed by atoms with Crippen molar-refractivity contribution >= 4 is 17.3 Å². The van der Waals surface area contributed by atoms with Gasteiger partial charge in [-0.1, -0.05) is 0 Å². The Labute approximate surface area is 171 Å². The second-order valence-electron chi connectivity index (χ2n) is 6.39. The first-order valence-corrected chi connectivity index (χ1v) is 8.48. The minimum atomic E-state index is -5.30. The summed E-state index contributed by atoms with van der Waals surface area (Å²) in [5.41, 5.74) is -4.52. The average molecular weight is 442 g/mol. The molecule has 2 aromatic rings. The van der Waals surface area contributed by atoms with Crippen molar-refractivity contribution < 1.29 is 42.0 Å². The van der Waals surface area contributed by atoms with Crippen molar-refractivity contribution in [2.45, 2.75) is 24.2 Å². The lowest BCUT2D eigenvalue weighted by atomic mass is 9.90. The molecule has 0 aliphatic carbocycles. The molecule has 10 nitrogen and oxygen atoms in total. The summed E-state index contributed by atoms with van der Waals surface area (Å²) in [5.74, 6) is -1.78. The van der Waals surface area contributed by atoms with E-state index < -0.39 is 40.0 Å². The molecule has 0 bridgehead atoms. The summed E-state index contributed by atoms with van der Waals surface area (Å²) in [6.45, 7) is 0. The molecular weight excluding hydrogens is 429 g/mol. The number of carbonyl (C=O) groups excluding carboxylic acids is 1. The number of esters is 1. The molecule has 1 heterocycles. The number of non-ortho nitro benzene ring substituents is 2. The summed E-state index contributed by atoms with van der Waals surface area (Å²) in [7, 11) is 0.741. The molecule has 2 aromatic carbocycles. The average Bonchev–Trinajstić information content (AvgIpc) is 3.15. The van der Waals surface area contributed by atoms with Crippen LogP contribution in [0.1, 0.15) is 23.5 Å². The van der Waals surface area contributed by atoms with Gasteiger partial charge in [-0.2, -0.15) is 13.2 Å². The fourth-order valence-corrected chi connectivity index (χ4v) is 3.10. The molecule has 3 rings (SSSR count). The molecule has 0 spiro atoms. The van der Waals surface area contributed by atoms with Gasteiger partial charge >= 0.3 is 12.1 Å². The van der Waals surface area contributed by atoms with Crippen molar-refractivity contribution in [1.29, 1.82) is 0 Å². The molecule has 31 heavy (non-hydrogen) atoms. The first-order valence-electron chi connectivity index (χ1n) is 8.48. The number of hydrogen-bond donors (Lipinski definition) is 0. The zero-order chi connectivity index (χ0) is 23.0. The van der Waals surface area contributed by atoms with Crippen LogP contribution in [-0.4, -0.2) is 34.7 Å². The van der Waals surface area contributed by atoms with E-state index in [1.807, 2.05) is 0 Å². The molecule has 1 aliphatic rings. The number of nitro groups is 2. The number of nitrogens with zero attached hydrogens (tertiary/aromatic N) is 2. The lowest BCUT2D eigenvalue weighted by molar-refractivity contribution is -0.385. The monoisotopic (exact) mass is 442 g/mol. The third-order valence-electron chi connectivity index (χ3n) is 4.61. The van der Waals surface area contributed by atoms with Gasteiger partial charge in [0.2, 0.25) is 0 Å². The summed E-state index contributed by atoms with van der Waals surface area (Å²) >= 11 is 0. The third-order valence-corrected chi connectivity index (χ3v) is 4.61. The Hall–Kier alpha value is -3.58. The molecule has 0 aromatic heterocycles. The zero-order valence-corrected chi connectivity index (χ0v) is 15.6. The molecule has 1 aliphatic heterocycles. The van der Waals surface area contributed by atoms with Crippen LogP contribution in [0.3, 0.4) is 0 Å². The van der Waals surface area contributed by atoms with Gasteiger partial charge in [0.25, 0.3) is 17.0 Å². The van der Waals surface area contributed by atoms with E-state index in [1.165, 1.54) is 0 Å². The second kappa shape index (κ2) is 7.92. The predicted molar refractivity (Wildman–Crippen MR) is 94.6 cm³/mol. The molecular formula is C18H13F3N2O8.